The molecule has 4 nitrogen and oxygen atoms in total. The van der Waals surface area contributed by atoms with Gasteiger partial charge in [0.05, 0.1) is 4.90 Å². The van der Waals surface area contributed by atoms with Crippen molar-refractivity contribution >= 4 is 20.9 Å². The summed E-state index contributed by atoms with van der Waals surface area (Å²) in [5.74, 6) is 0. The molecule has 1 heterocycles. The third-order valence-corrected chi connectivity index (χ3v) is 7.28. The number of likely N-dealkylation sites (N-methyl/N-ethyl adjacent to an activating group) is 1. The number of hydrogen-bond donors (Lipinski definition) is 1. The number of benzene rings is 2. The lowest BCUT2D eigenvalue weighted by atomic mass is 9.95. The molecule has 0 atom stereocenters. The van der Waals surface area contributed by atoms with Crippen LogP contribution >= 0.6 is 0 Å². The van der Waals surface area contributed by atoms with Crippen LogP contribution in [0.1, 0.15) is 24.0 Å². The summed E-state index contributed by atoms with van der Waals surface area (Å²) in [6.45, 7) is 2.35. The number of aromatic amines is 1. The molecule has 4 rings (SSSR count). The van der Waals surface area contributed by atoms with Gasteiger partial charge in [-0.3, -0.25) is 0 Å². The van der Waals surface area contributed by atoms with Gasteiger partial charge < -0.3 is 4.98 Å². The van der Waals surface area contributed by atoms with Crippen LogP contribution in [0, 0.1) is 6.92 Å². The van der Waals surface area contributed by atoms with Crippen LogP contribution in [0.4, 0.5) is 0 Å². The highest BCUT2D eigenvalue weighted by molar-refractivity contribution is 7.89. The minimum Gasteiger partial charge on any atom is -0.361 e. The number of para-hydroxylation sites is 1. The zero-order valence-corrected chi connectivity index (χ0v) is 15.3. The lowest BCUT2D eigenvalue weighted by molar-refractivity contribution is 0.427. The first-order valence-corrected chi connectivity index (χ1v) is 9.97. The largest absolute Gasteiger partial charge is 0.361 e. The molecule has 0 radical (unpaired) electrons. The molecule has 1 N–H and O–H groups in total. The van der Waals surface area contributed by atoms with E-state index in [1.165, 1.54) is 15.3 Å². The second kappa shape index (κ2) is 5.71. The van der Waals surface area contributed by atoms with Gasteiger partial charge in [0, 0.05) is 36.1 Å². The average molecular weight is 354 g/mol. The summed E-state index contributed by atoms with van der Waals surface area (Å²) in [6, 6.07) is 15.4. The molecule has 1 aromatic heterocycles. The van der Waals surface area contributed by atoms with E-state index in [2.05, 4.69) is 17.1 Å². The first-order valence-electron chi connectivity index (χ1n) is 8.53. The molecule has 1 saturated carbocycles. The van der Waals surface area contributed by atoms with Crippen LogP contribution < -0.4 is 0 Å². The summed E-state index contributed by atoms with van der Waals surface area (Å²) < 4.78 is 27.5. The molecule has 0 amide bonds. The van der Waals surface area contributed by atoms with Gasteiger partial charge in [-0.05, 0) is 43.0 Å². The van der Waals surface area contributed by atoms with Crippen molar-refractivity contribution in [1.29, 1.82) is 0 Å². The zero-order valence-electron chi connectivity index (χ0n) is 14.5. The van der Waals surface area contributed by atoms with E-state index in [0.717, 1.165) is 23.9 Å². The third-order valence-electron chi connectivity index (χ3n) is 5.32. The SMILES string of the molecule is Cc1ccccc1S(=O)(=O)N(C)CC1(c2c[nH]c3ccccc23)CC1. The standard InChI is InChI=1S/C20H22N2O2S/c1-15-7-3-6-10-19(15)25(23,24)22(2)14-20(11-12-20)17-13-21-18-9-5-4-8-16(17)18/h3-10,13,21H,11-12,14H2,1-2H3. The highest BCUT2D eigenvalue weighted by atomic mass is 32.2. The van der Waals surface area contributed by atoms with Gasteiger partial charge in [0.15, 0.2) is 0 Å². The van der Waals surface area contributed by atoms with Crippen LogP contribution in [-0.4, -0.2) is 31.3 Å². The maximum absolute atomic E-state index is 13.0. The van der Waals surface area contributed by atoms with E-state index < -0.39 is 10.0 Å². The number of nitrogens with one attached hydrogen (secondary N) is 1. The maximum atomic E-state index is 13.0. The Morgan fingerprint density at radius 3 is 2.48 bits per heavy atom. The van der Waals surface area contributed by atoms with Crippen LogP contribution in [-0.2, 0) is 15.4 Å². The summed E-state index contributed by atoms with van der Waals surface area (Å²) in [5, 5.41) is 1.20. The predicted molar refractivity (Wildman–Crippen MR) is 100 cm³/mol. The van der Waals surface area contributed by atoms with Crippen molar-refractivity contribution in [2.75, 3.05) is 13.6 Å². The van der Waals surface area contributed by atoms with Gasteiger partial charge in [-0.25, -0.2) is 12.7 Å². The topological polar surface area (TPSA) is 53.2 Å². The van der Waals surface area contributed by atoms with Crippen LogP contribution in [0.25, 0.3) is 10.9 Å². The van der Waals surface area contributed by atoms with E-state index >= 15 is 0 Å². The second-order valence-corrected chi connectivity index (χ2v) is 9.07. The van der Waals surface area contributed by atoms with Crippen molar-refractivity contribution in [3.8, 4) is 0 Å². The van der Waals surface area contributed by atoms with Crippen molar-refractivity contribution in [2.24, 2.45) is 0 Å². The predicted octanol–water partition coefficient (Wildman–Crippen LogP) is 3.83. The zero-order chi connectivity index (χ0) is 17.7. The highest BCUT2D eigenvalue weighted by Crippen LogP contribution is 2.51. The van der Waals surface area contributed by atoms with E-state index in [0.29, 0.717) is 11.4 Å². The monoisotopic (exact) mass is 354 g/mol. The Kier molecular flexibility index (Phi) is 3.74. The number of aromatic nitrogens is 1. The molecule has 1 aliphatic rings. The molecule has 0 saturated heterocycles. The Bertz CT molecular complexity index is 1030. The van der Waals surface area contributed by atoms with Crippen molar-refractivity contribution in [1.82, 2.24) is 9.29 Å². The lowest BCUT2D eigenvalue weighted by Crippen LogP contribution is -2.34. The van der Waals surface area contributed by atoms with Gasteiger partial charge >= 0.3 is 0 Å². The molecule has 5 heteroatoms. The van der Waals surface area contributed by atoms with Crippen LogP contribution in [0.15, 0.2) is 59.6 Å². The summed E-state index contributed by atoms with van der Waals surface area (Å²) >= 11 is 0. The van der Waals surface area contributed by atoms with Crippen molar-refractivity contribution in [2.45, 2.75) is 30.1 Å². The highest BCUT2D eigenvalue weighted by Gasteiger charge is 2.48. The second-order valence-electron chi connectivity index (χ2n) is 7.05. The molecule has 25 heavy (non-hydrogen) atoms. The van der Waals surface area contributed by atoms with Gasteiger partial charge in [0.25, 0.3) is 0 Å². The molecule has 1 fully saturated rings. The van der Waals surface area contributed by atoms with Gasteiger partial charge in [-0.2, -0.15) is 0 Å². The molecule has 0 spiro atoms. The number of H-pyrrole nitrogens is 1. The van der Waals surface area contributed by atoms with E-state index in [-0.39, 0.29) is 5.41 Å². The van der Waals surface area contributed by atoms with E-state index in [4.69, 9.17) is 0 Å². The first kappa shape index (κ1) is 16.4. The number of sulfonamides is 1. The number of nitrogens with zero attached hydrogens (tertiary/aromatic N) is 1. The minimum absolute atomic E-state index is 0.0793. The molecule has 130 valence electrons. The number of fused-ring (bicyclic) bond motifs is 1. The normalized spacial score (nSPS) is 16.4. The molecule has 0 unspecified atom stereocenters. The molecular weight excluding hydrogens is 332 g/mol. The Hall–Kier alpha value is -2.11. The fourth-order valence-electron chi connectivity index (χ4n) is 3.70. The molecule has 2 aromatic carbocycles. The molecule has 3 aromatic rings. The first-order chi connectivity index (χ1) is 11.9. The Morgan fingerprint density at radius 2 is 1.76 bits per heavy atom. The Balaban J connectivity index is 1.67. The fourth-order valence-corrected chi connectivity index (χ4v) is 5.18. The summed E-state index contributed by atoms with van der Waals surface area (Å²) in [4.78, 5) is 3.71. The Morgan fingerprint density at radius 1 is 1.08 bits per heavy atom. The lowest BCUT2D eigenvalue weighted by Gasteiger charge is -2.24. The van der Waals surface area contributed by atoms with Crippen LogP contribution in [0.3, 0.4) is 0 Å². The van der Waals surface area contributed by atoms with Crippen LogP contribution in [0.5, 0.6) is 0 Å². The quantitative estimate of drug-likeness (QED) is 0.757. The summed E-state index contributed by atoms with van der Waals surface area (Å²) in [7, 11) is -1.79. The third kappa shape index (κ3) is 2.68. The van der Waals surface area contributed by atoms with Gasteiger partial charge in [-0.15, -0.1) is 0 Å². The fraction of sp³-hybridized carbons (Fsp3) is 0.300. The minimum atomic E-state index is -3.48. The molecule has 1 aliphatic carbocycles. The number of rotatable bonds is 5. The molecule has 0 bridgehead atoms. The van der Waals surface area contributed by atoms with E-state index in [1.807, 2.05) is 37.4 Å². The van der Waals surface area contributed by atoms with Crippen molar-refractivity contribution < 1.29 is 8.42 Å². The van der Waals surface area contributed by atoms with Gasteiger partial charge in [-0.1, -0.05) is 36.4 Å². The molecule has 0 aliphatic heterocycles. The Labute approximate surface area is 148 Å². The van der Waals surface area contributed by atoms with E-state index in [9.17, 15) is 8.42 Å². The van der Waals surface area contributed by atoms with Crippen LogP contribution in [0.2, 0.25) is 0 Å². The number of hydrogen-bond acceptors (Lipinski definition) is 2. The maximum Gasteiger partial charge on any atom is 0.243 e. The van der Waals surface area contributed by atoms with Gasteiger partial charge in [0.1, 0.15) is 0 Å². The summed E-state index contributed by atoms with van der Waals surface area (Å²) in [5.41, 5.74) is 3.04. The molecular formula is C20H22N2O2S. The average Bonchev–Trinajstić information content (AvgIpc) is 3.23. The number of aryl methyl sites for hydroxylation is 1. The van der Waals surface area contributed by atoms with E-state index in [1.54, 1.807) is 19.2 Å². The summed E-state index contributed by atoms with van der Waals surface area (Å²) in [6.07, 6.45) is 4.08. The van der Waals surface area contributed by atoms with Gasteiger partial charge in [0.2, 0.25) is 10.0 Å². The van der Waals surface area contributed by atoms with Crippen molar-refractivity contribution in [3.05, 3.63) is 65.9 Å². The smallest absolute Gasteiger partial charge is 0.243 e. The van der Waals surface area contributed by atoms with Crippen molar-refractivity contribution in [3.63, 3.8) is 0 Å².